The van der Waals surface area contributed by atoms with Crippen LogP contribution in [0.3, 0.4) is 0 Å². The molecular weight excluding hydrogens is 382 g/mol. The number of Topliss-reactive ketones (excluding diaryl/α,β-unsaturated/α-hetero) is 1. The summed E-state index contributed by atoms with van der Waals surface area (Å²) >= 11 is 0. The third-order valence-corrected chi connectivity index (χ3v) is 5.19. The van der Waals surface area contributed by atoms with Gasteiger partial charge in [0.15, 0.2) is 18.1 Å². The van der Waals surface area contributed by atoms with Crippen LogP contribution in [0.5, 0.6) is 17.4 Å². The number of fused-ring (bicyclic) bond motifs is 2. The molecule has 3 heterocycles. The fraction of sp³-hybridized carbons (Fsp3) is 0.174. The molecule has 0 N–H and O–H groups in total. The van der Waals surface area contributed by atoms with Crippen molar-refractivity contribution in [3.8, 4) is 23.1 Å². The van der Waals surface area contributed by atoms with Gasteiger partial charge in [-0.3, -0.25) is 4.79 Å². The van der Waals surface area contributed by atoms with E-state index in [-0.39, 0.29) is 19.2 Å². The molecule has 7 heteroatoms. The maximum absolute atomic E-state index is 12.9. The normalized spacial score (nSPS) is 12.3. The van der Waals surface area contributed by atoms with Crippen LogP contribution >= 0.6 is 0 Å². The number of hydrogen-bond donors (Lipinski definition) is 0. The van der Waals surface area contributed by atoms with E-state index in [0.717, 1.165) is 33.7 Å². The Balaban J connectivity index is 1.41. The summed E-state index contributed by atoms with van der Waals surface area (Å²) in [4.78, 5) is 21.3. The summed E-state index contributed by atoms with van der Waals surface area (Å²) in [6, 6.07) is 15.2. The van der Waals surface area contributed by atoms with Crippen molar-refractivity contribution in [3.63, 3.8) is 0 Å². The van der Waals surface area contributed by atoms with E-state index in [4.69, 9.17) is 14.2 Å². The Morgan fingerprint density at radius 1 is 1.07 bits per heavy atom. The highest BCUT2D eigenvalue weighted by Crippen LogP contribution is 2.35. The standard InChI is InChI=1S/C23H19N3O4/c1-14-9-18(15(2)26(14)16-7-8-21-22(10-16)30-13-29-21)20(27)11-28-23-17-5-3-4-6-19(17)24-12-25-23/h3-10,12H,11,13H2,1-2H3. The Labute approximate surface area is 172 Å². The van der Waals surface area contributed by atoms with E-state index >= 15 is 0 Å². The van der Waals surface area contributed by atoms with Gasteiger partial charge in [-0.1, -0.05) is 12.1 Å². The maximum Gasteiger partial charge on any atom is 0.231 e. The lowest BCUT2D eigenvalue weighted by molar-refractivity contribution is 0.0918. The first-order valence-corrected chi connectivity index (χ1v) is 9.56. The highest BCUT2D eigenvalue weighted by molar-refractivity contribution is 5.99. The van der Waals surface area contributed by atoms with Gasteiger partial charge in [0.1, 0.15) is 6.33 Å². The first kappa shape index (κ1) is 18.2. The smallest absolute Gasteiger partial charge is 0.231 e. The van der Waals surface area contributed by atoms with Crippen LogP contribution < -0.4 is 14.2 Å². The number of aromatic nitrogens is 3. The van der Waals surface area contributed by atoms with Crippen molar-refractivity contribution < 1.29 is 19.0 Å². The molecule has 0 unspecified atom stereocenters. The Morgan fingerprint density at radius 3 is 2.80 bits per heavy atom. The van der Waals surface area contributed by atoms with Crippen LogP contribution in [-0.2, 0) is 0 Å². The minimum absolute atomic E-state index is 0.105. The Morgan fingerprint density at radius 2 is 1.90 bits per heavy atom. The molecule has 1 aliphatic rings. The molecule has 0 saturated heterocycles. The van der Waals surface area contributed by atoms with Gasteiger partial charge in [0.25, 0.3) is 0 Å². The molecule has 5 rings (SSSR count). The summed E-state index contributed by atoms with van der Waals surface area (Å²) in [5, 5.41) is 0.777. The van der Waals surface area contributed by atoms with E-state index in [1.165, 1.54) is 6.33 Å². The van der Waals surface area contributed by atoms with Gasteiger partial charge in [0.2, 0.25) is 18.5 Å². The number of benzene rings is 2. The van der Waals surface area contributed by atoms with Crippen molar-refractivity contribution in [2.24, 2.45) is 0 Å². The number of ether oxygens (including phenoxy) is 3. The lowest BCUT2D eigenvalue weighted by Crippen LogP contribution is -2.13. The first-order valence-electron chi connectivity index (χ1n) is 9.56. The van der Waals surface area contributed by atoms with Crippen molar-refractivity contribution in [2.45, 2.75) is 13.8 Å². The molecule has 0 fully saturated rings. The predicted molar refractivity (Wildman–Crippen MR) is 111 cm³/mol. The first-order chi connectivity index (χ1) is 14.6. The van der Waals surface area contributed by atoms with Gasteiger partial charge in [0.05, 0.1) is 10.9 Å². The average molecular weight is 401 g/mol. The zero-order valence-corrected chi connectivity index (χ0v) is 16.6. The molecular formula is C23H19N3O4. The molecule has 0 saturated carbocycles. The van der Waals surface area contributed by atoms with Crippen molar-refractivity contribution >= 4 is 16.7 Å². The summed E-state index contributed by atoms with van der Waals surface area (Å²) in [5.41, 5.74) is 4.09. The molecule has 4 aromatic rings. The Hall–Kier alpha value is -3.87. The summed E-state index contributed by atoms with van der Waals surface area (Å²) in [7, 11) is 0. The van der Waals surface area contributed by atoms with E-state index in [0.29, 0.717) is 17.2 Å². The van der Waals surface area contributed by atoms with E-state index in [2.05, 4.69) is 9.97 Å². The van der Waals surface area contributed by atoms with Crippen LogP contribution in [-0.4, -0.2) is 33.7 Å². The highest BCUT2D eigenvalue weighted by Gasteiger charge is 2.20. The van der Waals surface area contributed by atoms with Crippen LogP contribution in [0.4, 0.5) is 0 Å². The van der Waals surface area contributed by atoms with Gasteiger partial charge in [-0.2, -0.15) is 0 Å². The molecule has 150 valence electrons. The zero-order valence-electron chi connectivity index (χ0n) is 16.6. The second kappa shape index (κ2) is 7.18. The SMILES string of the molecule is Cc1cc(C(=O)COc2ncnc3ccccc23)c(C)n1-c1ccc2c(c1)OCO2. The Bertz CT molecular complexity index is 1270. The van der Waals surface area contributed by atoms with E-state index in [9.17, 15) is 4.79 Å². The summed E-state index contributed by atoms with van der Waals surface area (Å²) < 4.78 is 18.7. The minimum atomic E-state index is -0.113. The Kier molecular flexibility index (Phi) is 4.35. The molecule has 0 aliphatic carbocycles. The number of rotatable bonds is 5. The number of aryl methyl sites for hydroxylation is 1. The lowest BCUT2D eigenvalue weighted by Gasteiger charge is -2.11. The molecule has 0 radical (unpaired) electrons. The number of para-hydroxylation sites is 1. The highest BCUT2D eigenvalue weighted by atomic mass is 16.7. The molecule has 0 atom stereocenters. The summed E-state index contributed by atoms with van der Waals surface area (Å²) in [6.45, 7) is 4.01. The van der Waals surface area contributed by atoms with Crippen LogP contribution in [0, 0.1) is 13.8 Å². The van der Waals surface area contributed by atoms with Crippen molar-refractivity contribution in [1.82, 2.24) is 14.5 Å². The summed E-state index contributed by atoms with van der Waals surface area (Å²) in [5.74, 6) is 1.71. The van der Waals surface area contributed by atoms with Crippen LogP contribution in [0.25, 0.3) is 16.6 Å². The van der Waals surface area contributed by atoms with Crippen molar-refractivity contribution in [3.05, 3.63) is 71.8 Å². The van der Waals surface area contributed by atoms with Crippen LogP contribution in [0.2, 0.25) is 0 Å². The molecule has 2 aromatic carbocycles. The maximum atomic E-state index is 12.9. The monoisotopic (exact) mass is 401 g/mol. The van der Waals surface area contributed by atoms with Gasteiger partial charge in [-0.15, -0.1) is 0 Å². The molecule has 0 spiro atoms. The third-order valence-electron chi connectivity index (χ3n) is 5.19. The number of hydrogen-bond acceptors (Lipinski definition) is 6. The topological polar surface area (TPSA) is 75.5 Å². The second-order valence-corrected chi connectivity index (χ2v) is 7.07. The number of carbonyl (C=O) groups excluding carboxylic acids is 1. The lowest BCUT2D eigenvalue weighted by atomic mass is 10.1. The van der Waals surface area contributed by atoms with E-state index < -0.39 is 0 Å². The second-order valence-electron chi connectivity index (χ2n) is 7.07. The molecule has 0 amide bonds. The fourth-order valence-corrected chi connectivity index (χ4v) is 3.77. The van der Waals surface area contributed by atoms with Crippen LogP contribution in [0.15, 0.2) is 54.9 Å². The molecule has 7 nitrogen and oxygen atoms in total. The molecule has 2 aromatic heterocycles. The minimum Gasteiger partial charge on any atom is -0.469 e. The molecule has 0 bridgehead atoms. The van der Waals surface area contributed by atoms with E-state index in [1.807, 2.05) is 66.9 Å². The van der Waals surface area contributed by atoms with Gasteiger partial charge in [-0.05, 0) is 44.2 Å². The molecule has 30 heavy (non-hydrogen) atoms. The zero-order chi connectivity index (χ0) is 20.7. The quantitative estimate of drug-likeness (QED) is 0.470. The van der Waals surface area contributed by atoms with Gasteiger partial charge >= 0.3 is 0 Å². The predicted octanol–water partition coefficient (Wildman–Crippen LogP) is 4.03. The van der Waals surface area contributed by atoms with Gasteiger partial charge in [0, 0.05) is 28.7 Å². The van der Waals surface area contributed by atoms with Gasteiger partial charge in [-0.25, -0.2) is 9.97 Å². The van der Waals surface area contributed by atoms with Crippen LogP contribution in [0.1, 0.15) is 21.7 Å². The van der Waals surface area contributed by atoms with E-state index in [1.54, 1.807) is 0 Å². The largest absolute Gasteiger partial charge is 0.469 e. The van der Waals surface area contributed by atoms with Crippen molar-refractivity contribution in [1.29, 1.82) is 0 Å². The molecule has 1 aliphatic heterocycles. The number of nitrogens with zero attached hydrogens (tertiary/aromatic N) is 3. The summed E-state index contributed by atoms with van der Waals surface area (Å²) in [6.07, 6.45) is 1.44. The third kappa shape index (κ3) is 3.04. The average Bonchev–Trinajstić information content (AvgIpc) is 3.35. The van der Waals surface area contributed by atoms with Crippen molar-refractivity contribution in [2.75, 3.05) is 13.4 Å². The number of carbonyl (C=O) groups is 1. The number of ketones is 1. The fourth-order valence-electron chi connectivity index (χ4n) is 3.77. The van der Waals surface area contributed by atoms with Gasteiger partial charge < -0.3 is 18.8 Å².